The Morgan fingerprint density at radius 2 is 1.77 bits per heavy atom. The largest absolute Gasteiger partial charge is 0.350 e. The summed E-state index contributed by atoms with van der Waals surface area (Å²) in [7, 11) is 0. The van der Waals surface area contributed by atoms with Crippen molar-refractivity contribution in [2.75, 3.05) is 13.1 Å². The molecule has 0 radical (unpaired) electrons. The third-order valence-electron chi connectivity index (χ3n) is 5.42. The second-order valence-corrected chi connectivity index (χ2v) is 8.27. The molecule has 2 aromatic carbocycles. The number of carbonyl (C=O) groups excluding carboxylic acids is 2. The predicted octanol–water partition coefficient (Wildman–Crippen LogP) is 3.86. The minimum Gasteiger partial charge on any atom is -0.350 e. The van der Waals surface area contributed by atoms with Crippen LogP contribution < -0.4 is 5.32 Å². The third-order valence-corrected chi connectivity index (χ3v) is 5.68. The minimum absolute atomic E-state index is 0.0919. The van der Waals surface area contributed by atoms with Crippen LogP contribution in [0.4, 0.5) is 0 Å². The molecule has 0 aliphatic carbocycles. The van der Waals surface area contributed by atoms with Gasteiger partial charge in [0.05, 0.1) is 0 Å². The van der Waals surface area contributed by atoms with Gasteiger partial charge in [-0.15, -0.1) is 0 Å². The molecule has 0 spiro atoms. The smallest absolute Gasteiger partial charge is 0.272 e. The molecule has 7 heteroatoms. The molecule has 0 saturated carbocycles. The van der Waals surface area contributed by atoms with E-state index in [1.807, 2.05) is 60.4 Å². The molecular weight excluding hydrogens is 412 g/mol. The van der Waals surface area contributed by atoms with Crippen LogP contribution in [-0.2, 0) is 19.5 Å². The van der Waals surface area contributed by atoms with Crippen molar-refractivity contribution >= 4 is 23.4 Å². The highest BCUT2D eigenvalue weighted by Gasteiger charge is 2.26. The maximum atomic E-state index is 13.1. The highest BCUT2D eigenvalue weighted by Crippen LogP contribution is 2.17. The Morgan fingerprint density at radius 3 is 2.52 bits per heavy atom. The number of aromatic nitrogens is 2. The van der Waals surface area contributed by atoms with Crippen molar-refractivity contribution in [3.8, 4) is 0 Å². The summed E-state index contributed by atoms with van der Waals surface area (Å²) in [4.78, 5) is 27.5. The van der Waals surface area contributed by atoms with E-state index < -0.39 is 0 Å². The summed E-state index contributed by atoms with van der Waals surface area (Å²) < 4.78 is 1.66. The first-order valence-electron chi connectivity index (χ1n) is 10.4. The third kappa shape index (κ3) is 5.14. The molecule has 1 aliphatic rings. The van der Waals surface area contributed by atoms with Gasteiger partial charge in [-0.2, -0.15) is 5.10 Å². The van der Waals surface area contributed by atoms with E-state index >= 15 is 0 Å². The summed E-state index contributed by atoms with van der Waals surface area (Å²) in [5, 5.41) is 7.96. The van der Waals surface area contributed by atoms with E-state index in [-0.39, 0.29) is 17.5 Å². The first kappa shape index (κ1) is 21.1. The second-order valence-electron chi connectivity index (χ2n) is 7.84. The number of rotatable bonds is 6. The molecular formula is C24H25ClN4O2. The van der Waals surface area contributed by atoms with Crippen LogP contribution in [0.25, 0.3) is 0 Å². The molecule has 2 heterocycles. The van der Waals surface area contributed by atoms with E-state index in [4.69, 9.17) is 11.6 Å². The molecule has 6 nitrogen and oxygen atoms in total. The SMILES string of the molecule is Cc1ccc(CN2CCCn3nc(C(=O)NCCc4ccc(Cl)cc4)cc3C2=O)cc1. The summed E-state index contributed by atoms with van der Waals surface area (Å²) in [5.41, 5.74) is 4.11. The van der Waals surface area contributed by atoms with Gasteiger partial charge in [-0.25, -0.2) is 0 Å². The topological polar surface area (TPSA) is 67.2 Å². The lowest BCUT2D eigenvalue weighted by Gasteiger charge is -2.20. The van der Waals surface area contributed by atoms with E-state index in [2.05, 4.69) is 10.4 Å². The maximum absolute atomic E-state index is 13.1. The predicted molar refractivity (Wildman–Crippen MR) is 120 cm³/mol. The van der Waals surface area contributed by atoms with Crippen LogP contribution in [0.1, 0.15) is 44.1 Å². The standard InChI is InChI=1S/C24H25ClN4O2/c1-17-3-5-19(6-4-17)16-28-13-2-14-29-22(24(28)31)15-21(27-29)23(30)26-12-11-18-7-9-20(25)10-8-18/h3-10,15H,2,11-14,16H2,1H3,(H,26,30). The molecule has 0 saturated heterocycles. The molecule has 1 aliphatic heterocycles. The molecule has 0 atom stereocenters. The normalized spacial score (nSPS) is 13.6. The molecule has 0 fully saturated rings. The van der Waals surface area contributed by atoms with Gasteiger partial charge in [0.15, 0.2) is 5.69 Å². The lowest BCUT2D eigenvalue weighted by molar-refractivity contribution is 0.0745. The molecule has 0 unspecified atom stereocenters. The van der Waals surface area contributed by atoms with Gasteiger partial charge in [0.1, 0.15) is 5.69 Å². The van der Waals surface area contributed by atoms with Gasteiger partial charge in [0.25, 0.3) is 11.8 Å². The molecule has 2 amide bonds. The Balaban J connectivity index is 1.40. The van der Waals surface area contributed by atoms with Gasteiger partial charge in [-0.05, 0) is 43.0 Å². The van der Waals surface area contributed by atoms with Gasteiger partial charge in [-0.3, -0.25) is 14.3 Å². The molecule has 0 bridgehead atoms. The fourth-order valence-electron chi connectivity index (χ4n) is 3.67. The van der Waals surface area contributed by atoms with Gasteiger partial charge in [0.2, 0.25) is 0 Å². The van der Waals surface area contributed by atoms with Crippen molar-refractivity contribution < 1.29 is 9.59 Å². The zero-order valence-electron chi connectivity index (χ0n) is 17.5. The average molecular weight is 437 g/mol. The molecule has 4 rings (SSSR count). The lowest BCUT2D eigenvalue weighted by atomic mass is 10.1. The van der Waals surface area contributed by atoms with Crippen molar-refractivity contribution in [2.24, 2.45) is 0 Å². The molecule has 1 N–H and O–H groups in total. The van der Waals surface area contributed by atoms with Crippen LogP contribution in [0.3, 0.4) is 0 Å². The van der Waals surface area contributed by atoms with E-state index in [1.54, 1.807) is 10.7 Å². The highest BCUT2D eigenvalue weighted by molar-refractivity contribution is 6.30. The van der Waals surface area contributed by atoms with E-state index in [9.17, 15) is 9.59 Å². The number of nitrogens with one attached hydrogen (secondary N) is 1. The Bertz CT molecular complexity index is 1070. The van der Waals surface area contributed by atoms with Gasteiger partial charge >= 0.3 is 0 Å². The monoisotopic (exact) mass is 436 g/mol. The highest BCUT2D eigenvalue weighted by atomic mass is 35.5. The number of hydrogen-bond donors (Lipinski definition) is 1. The van der Waals surface area contributed by atoms with Crippen molar-refractivity contribution in [1.29, 1.82) is 0 Å². The summed E-state index contributed by atoms with van der Waals surface area (Å²) in [6.45, 7) is 4.35. The van der Waals surface area contributed by atoms with E-state index in [1.165, 1.54) is 5.56 Å². The zero-order chi connectivity index (χ0) is 21.8. The van der Waals surface area contributed by atoms with Crippen molar-refractivity contribution in [1.82, 2.24) is 20.0 Å². The number of aryl methyl sites for hydroxylation is 2. The Kier molecular flexibility index (Phi) is 6.37. The Morgan fingerprint density at radius 1 is 1.06 bits per heavy atom. The van der Waals surface area contributed by atoms with Crippen LogP contribution in [-0.4, -0.2) is 39.6 Å². The Labute approximate surface area is 186 Å². The number of nitrogens with zero attached hydrogens (tertiary/aromatic N) is 3. The molecule has 160 valence electrons. The van der Waals surface area contributed by atoms with Gasteiger partial charge in [0, 0.05) is 37.3 Å². The molecule has 31 heavy (non-hydrogen) atoms. The van der Waals surface area contributed by atoms with Crippen LogP contribution in [0, 0.1) is 6.92 Å². The molecule has 3 aromatic rings. The maximum Gasteiger partial charge on any atom is 0.272 e. The van der Waals surface area contributed by atoms with Crippen molar-refractivity contribution in [3.63, 3.8) is 0 Å². The summed E-state index contributed by atoms with van der Waals surface area (Å²) in [6, 6.07) is 17.3. The van der Waals surface area contributed by atoms with Crippen molar-refractivity contribution in [2.45, 2.75) is 32.9 Å². The number of halogens is 1. The van der Waals surface area contributed by atoms with Crippen molar-refractivity contribution in [3.05, 3.63) is 87.7 Å². The number of fused-ring (bicyclic) bond motifs is 1. The fourth-order valence-corrected chi connectivity index (χ4v) is 3.80. The molecule has 1 aromatic heterocycles. The number of hydrogen-bond acceptors (Lipinski definition) is 3. The zero-order valence-corrected chi connectivity index (χ0v) is 18.2. The number of amides is 2. The fraction of sp³-hybridized carbons (Fsp3) is 0.292. The van der Waals surface area contributed by atoms with Crippen LogP contribution in [0.15, 0.2) is 54.6 Å². The quantitative estimate of drug-likeness (QED) is 0.638. The van der Waals surface area contributed by atoms with Crippen LogP contribution in [0.2, 0.25) is 5.02 Å². The average Bonchev–Trinajstić information content (AvgIpc) is 3.14. The lowest BCUT2D eigenvalue weighted by Crippen LogP contribution is -2.30. The second kappa shape index (κ2) is 9.35. The van der Waals surface area contributed by atoms with E-state index in [0.717, 1.165) is 17.5 Å². The van der Waals surface area contributed by atoms with Gasteiger partial charge < -0.3 is 10.2 Å². The summed E-state index contributed by atoms with van der Waals surface area (Å²) >= 11 is 5.90. The summed E-state index contributed by atoms with van der Waals surface area (Å²) in [6.07, 6.45) is 1.49. The van der Waals surface area contributed by atoms with Crippen LogP contribution in [0.5, 0.6) is 0 Å². The van der Waals surface area contributed by atoms with Gasteiger partial charge in [-0.1, -0.05) is 53.6 Å². The Hall–Kier alpha value is -3.12. The summed E-state index contributed by atoms with van der Waals surface area (Å²) in [5.74, 6) is -0.363. The first-order valence-corrected chi connectivity index (χ1v) is 10.8. The first-order chi connectivity index (χ1) is 15.0. The number of benzene rings is 2. The van der Waals surface area contributed by atoms with Crippen LogP contribution >= 0.6 is 11.6 Å². The number of carbonyl (C=O) groups is 2. The minimum atomic E-state index is -0.271. The van der Waals surface area contributed by atoms with E-state index in [0.29, 0.717) is 43.3 Å².